The zero-order valence-corrected chi connectivity index (χ0v) is 17.5. The number of aliphatic imine (C=N–C) groups is 1. The van der Waals surface area contributed by atoms with Gasteiger partial charge in [-0.1, -0.05) is 30.0 Å². The lowest BCUT2D eigenvalue weighted by molar-refractivity contribution is -0.128. The van der Waals surface area contributed by atoms with Gasteiger partial charge in [-0.05, 0) is 49.2 Å². The maximum absolute atomic E-state index is 12.9. The number of rotatable bonds is 9. The fraction of sp³-hybridized carbons (Fsp3) is 0.273. The number of anilines is 1. The summed E-state index contributed by atoms with van der Waals surface area (Å²) in [6.07, 6.45) is 1.17. The Morgan fingerprint density at radius 2 is 1.77 bits per heavy atom. The average molecular weight is 442 g/mol. The minimum absolute atomic E-state index is 0.0332. The standard InChI is InChI=1S/C22H23N3O5S/c26-13-5-4-12-25-20(28)18(31-22(25)24-16-6-2-1-3-7-16)14-19(27)23-17-10-8-15(9-11-17)21(29)30/h1-3,6-11,18,26H,4-5,12-14H2,(H,23,27)(H,29,30)/t18-/m0/s1. The van der Waals surface area contributed by atoms with Gasteiger partial charge in [0, 0.05) is 25.3 Å². The molecule has 2 aromatic carbocycles. The lowest BCUT2D eigenvalue weighted by Crippen LogP contribution is -2.34. The van der Waals surface area contributed by atoms with E-state index in [-0.39, 0.29) is 30.4 Å². The third-order valence-corrected chi connectivity index (χ3v) is 5.75. The van der Waals surface area contributed by atoms with Crippen molar-refractivity contribution in [3.63, 3.8) is 0 Å². The molecular formula is C22H23N3O5S. The van der Waals surface area contributed by atoms with Crippen LogP contribution in [-0.2, 0) is 9.59 Å². The van der Waals surface area contributed by atoms with Crippen molar-refractivity contribution in [1.29, 1.82) is 0 Å². The van der Waals surface area contributed by atoms with Crippen LogP contribution in [0.4, 0.5) is 11.4 Å². The van der Waals surface area contributed by atoms with Gasteiger partial charge in [0.1, 0.15) is 5.25 Å². The van der Waals surface area contributed by atoms with Crippen molar-refractivity contribution in [3.8, 4) is 0 Å². The topological polar surface area (TPSA) is 119 Å². The summed E-state index contributed by atoms with van der Waals surface area (Å²) in [7, 11) is 0. The number of carboxylic acid groups (broad SMARTS) is 1. The maximum Gasteiger partial charge on any atom is 0.335 e. The summed E-state index contributed by atoms with van der Waals surface area (Å²) >= 11 is 1.25. The maximum atomic E-state index is 12.9. The second-order valence-corrected chi connectivity index (χ2v) is 8.06. The quantitative estimate of drug-likeness (QED) is 0.515. The molecular weight excluding hydrogens is 418 g/mol. The van der Waals surface area contributed by atoms with Gasteiger partial charge in [0.15, 0.2) is 5.17 Å². The average Bonchev–Trinajstić information content (AvgIpc) is 3.03. The van der Waals surface area contributed by atoms with Crippen molar-refractivity contribution in [1.82, 2.24) is 4.90 Å². The minimum atomic E-state index is -1.04. The molecule has 8 nitrogen and oxygen atoms in total. The van der Waals surface area contributed by atoms with Crippen molar-refractivity contribution < 1.29 is 24.6 Å². The predicted octanol–water partition coefficient (Wildman–Crippen LogP) is 3.12. The van der Waals surface area contributed by atoms with Gasteiger partial charge in [-0.15, -0.1) is 0 Å². The number of thioether (sulfide) groups is 1. The van der Waals surface area contributed by atoms with E-state index in [1.54, 1.807) is 4.90 Å². The van der Waals surface area contributed by atoms with Crippen molar-refractivity contribution in [2.45, 2.75) is 24.5 Å². The highest BCUT2D eigenvalue weighted by Crippen LogP contribution is 2.32. The summed E-state index contributed by atoms with van der Waals surface area (Å²) in [6.45, 7) is 0.472. The molecule has 0 saturated carbocycles. The first-order valence-electron chi connectivity index (χ1n) is 9.84. The Morgan fingerprint density at radius 3 is 2.42 bits per heavy atom. The molecule has 162 valence electrons. The monoisotopic (exact) mass is 441 g/mol. The van der Waals surface area contributed by atoms with Crippen molar-refractivity contribution in [2.75, 3.05) is 18.5 Å². The molecule has 1 aliphatic rings. The summed E-state index contributed by atoms with van der Waals surface area (Å²) in [4.78, 5) is 42.5. The first kappa shape index (κ1) is 22.5. The molecule has 2 amide bonds. The molecule has 0 unspecified atom stereocenters. The lowest BCUT2D eigenvalue weighted by atomic mass is 10.2. The van der Waals surface area contributed by atoms with E-state index in [2.05, 4.69) is 10.3 Å². The number of carboxylic acids is 1. The number of para-hydroxylation sites is 1. The third-order valence-electron chi connectivity index (χ3n) is 4.58. The fourth-order valence-electron chi connectivity index (χ4n) is 3.00. The van der Waals surface area contributed by atoms with E-state index in [9.17, 15) is 14.4 Å². The molecule has 3 rings (SSSR count). The summed E-state index contributed by atoms with van der Waals surface area (Å²) in [5.74, 6) is -1.57. The molecule has 31 heavy (non-hydrogen) atoms. The van der Waals surface area contributed by atoms with Crippen LogP contribution in [0.5, 0.6) is 0 Å². The Morgan fingerprint density at radius 1 is 1.06 bits per heavy atom. The van der Waals surface area contributed by atoms with Gasteiger partial charge in [-0.2, -0.15) is 0 Å². The SMILES string of the molecule is O=C(C[C@@H]1SC(=Nc2ccccc2)N(CCCCO)C1=O)Nc1ccc(C(=O)O)cc1. The number of nitrogens with zero attached hydrogens (tertiary/aromatic N) is 2. The number of carbonyl (C=O) groups is 3. The van der Waals surface area contributed by atoms with Crippen LogP contribution >= 0.6 is 11.8 Å². The summed E-state index contributed by atoms with van der Waals surface area (Å²) in [6, 6.07) is 15.1. The molecule has 2 aromatic rings. The number of nitrogens with one attached hydrogen (secondary N) is 1. The smallest absolute Gasteiger partial charge is 0.335 e. The van der Waals surface area contributed by atoms with Crippen LogP contribution in [0.25, 0.3) is 0 Å². The first-order chi connectivity index (χ1) is 15.0. The Kier molecular flexibility index (Phi) is 7.80. The van der Waals surface area contributed by atoms with Crippen LogP contribution in [0.3, 0.4) is 0 Å². The van der Waals surface area contributed by atoms with Crippen LogP contribution in [0.15, 0.2) is 59.6 Å². The molecule has 0 radical (unpaired) electrons. The van der Waals surface area contributed by atoms with E-state index in [4.69, 9.17) is 10.2 Å². The van der Waals surface area contributed by atoms with Gasteiger partial charge >= 0.3 is 5.97 Å². The van der Waals surface area contributed by atoms with Crippen LogP contribution in [0.2, 0.25) is 0 Å². The highest BCUT2D eigenvalue weighted by Gasteiger charge is 2.38. The third kappa shape index (κ3) is 6.16. The van der Waals surface area contributed by atoms with Gasteiger partial charge in [0.05, 0.1) is 11.3 Å². The highest BCUT2D eigenvalue weighted by atomic mass is 32.2. The number of aliphatic hydroxyl groups is 1. The fourth-order valence-corrected chi connectivity index (χ4v) is 4.19. The largest absolute Gasteiger partial charge is 0.478 e. The van der Waals surface area contributed by atoms with Gasteiger partial charge in [0.25, 0.3) is 0 Å². The second-order valence-electron chi connectivity index (χ2n) is 6.89. The van der Waals surface area contributed by atoms with Gasteiger partial charge in [-0.3, -0.25) is 14.5 Å². The molecule has 0 aliphatic carbocycles. The molecule has 1 saturated heterocycles. The van der Waals surface area contributed by atoms with Crippen molar-refractivity contribution in [3.05, 3.63) is 60.2 Å². The molecule has 3 N–H and O–H groups in total. The Hall–Kier alpha value is -3.17. The number of aliphatic hydroxyl groups excluding tert-OH is 1. The second kappa shape index (κ2) is 10.7. The highest BCUT2D eigenvalue weighted by molar-refractivity contribution is 8.15. The van der Waals surface area contributed by atoms with Crippen LogP contribution in [0, 0.1) is 0 Å². The summed E-state index contributed by atoms with van der Waals surface area (Å²) < 4.78 is 0. The van der Waals surface area contributed by atoms with Crippen molar-refractivity contribution >= 4 is 46.1 Å². The normalized spacial score (nSPS) is 17.2. The number of carbonyl (C=O) groups excluding carboxylic acids is 2. The number of hydrogen-bond donors (Lipinski definition) is 3. The molecule has 9 heteroatoms. The summed E-state index contributed by atoms with van der Waals surface area (Å²) in [5, 5.41) is 20.6. The van der Waals surface area contributed by atoms with E-state index in [1.807, 2.05) is 30.3 Å². The van der Waals surface area contributed by atoms with Crippen LogP contribution in [-0.4, -0.2) is 56.5 Å². The zero-order valence-electron chi connectivity index (χ0n) is 16.7. The molecule has 0 bridgehead atoms. The zero-order chi connectivity index (χ0) is 22.2. The number of amides is 2. The van der Waals surface area contributed by atoms with E-state index in [0.717, 1.165) is 0 Å². The minimum Gasteiger partial charge on any atom is -0.478 e. The number of hydrogen-bond acceptors (Lipinski definition) is 6. The van der Waals surface area contributed by atoms with Gasteiger partial charge in [0.2, 0.25) is 11.8 Å². The molecule has 1 aliphatic heterocycles. The molecule has 1 fully saturated rings. The van der Waals surface area contributed by atoms with E-state index < -0.39 is 11.2 Å². The lowest BCUT2D eigenvalue weighted by Gasteiger charge is -2.16. The predicted molar refractivity (Wildman–Crippen MR) is 120 cm³/mol. The number of benzene rings is 2. The molecule has 1 atom stereocenters. The van der Waals surface area contributed by atoms with Crippen molar-refractivity contribution in [2.24, 2.45) is 4.99 Å². The first-order valence-corrected chi connectivity index (χ1v) is 10.7. The molecule has 1 heterocycles. The molecule has 0 aromatic heterocycles. The Bertz CT molecular complexity index is 963. The Labute approximate surface area is 184 Å². The Balaban J connectivity index is 1.68. The van der Waals surface area contributed by atoms with Gasteiger partial charge < -0.3 is 15.5 Å². The number of amidine groups is 1. The van der Waals surface area contributed by atoms with E-state index in [0.29, 0.717) is 35.9 Å². The number of unbranched alkanes of at least 4 members (excludes halogenated alkanes) is 1. The number of aromatic carboxylic acids is 1. The molecule has 0 spiro atoms. The van der Waals surface area contributed by atoms with Crippen LogP contribution in [0.1, 0.15) is 29.6 Å². The van der Waals surface area contributed by atoms with Crippen LogP contribution < -0.4 is 5.32 Å². The van der Waals surface area contributed by atoms with E-state index in [1.165, 1.54) is 36.0 Å². The van der Waals surface area contributed by atoms with Gasteiger partial charge in [-0.25, -0.2) is 9.79 Å². The summed E-state index contributed by atoms with van der Waals surface area (Å²) in [5.41, 5.74) is 1.30. The van der Waals surface area contributed by atoms with E-state index >= 15 is 0 Å².